The summed E-state index contributed by atoms with van der Waals surface area (Å²) in [4.78, 5) is 25.5. The molecule has 0 fully saturated rings. The van der Waals surface area contributed by atoms with Crippen molar-refractivity contribution in [2.45, 2.75) is 13.3 Å². The summed E-state index contributed by atoms with van der Waals surface area (Å²) < 4.78 is 15.0. The molecule has 6 nitrogen and oxygen atoms in total. The van der Waals surface area contributed by atoms with Gasteiger partial charge >= 0.3 is 5.97 Å². The van der Waals surface area contributed by atoms with Crippen molar-refractivity contribution < 1.29 is 23.8 Å². The molecule has 0 aliphatic carbocycles. The first-order valence-electron chi connectivity index (χ1n) is 7.20. The first-order valence-corrected chi connectivity index (χ1v) is 7.20. The van der Waals surface area contributed by atoms with Gasteiger partial charge in [0.05, 0.1) is 26.7 Å². The molecule has 0 aliphatic rings. The minimum absolute atomic E-state index is 0.149. The minimum atomic E-state index is -0.313. The zero-order valence-corrected chi connectivity index (χ0v) is 13.3. The van der Waals surface area contributed by atoms with E-state index in [1.807, 2.05) is 0 Å². The van der Waals surface area contributed by atoms with Crippen LogP contribution in [-0.4, -0.2) is 57.3 Å². The van der Waals surface area contributed by atoms with Crippen molar-refractivity contribution in [3.05, 3.63) is 29.8 Å². The maximum Gasteiger partial charge on any atom is 0.307 e. The maximum atomic E-state index is 12.5. The van der Waals surface area contributed by atoms with Crippen molar-refractivity contribution in [2.24, 2.45) is 0 Å². The standard InChI is InChI=1S/C16H23NO5/c1-4-22-15(18)9-10-17(11-12-20-2)16(19)13-5-7-14(21-3)8-6-13/h5-8H,4,9-12H2,1-3H3. The highest BCUT2D eigenvalue weighted by Gasteiger charge is 2.17. The van der Waals surface area contributed by atoms with Crippen LogP contribution in [0.2, 0.25) is 0 Å². The van der Waals surface area contributed by atoms with Gasteiger partial charge < -0.3 is 19.1 Å². The van der Waals surface area contributed by atoms with Crippen LogP contribution in [0.5, 0.6) is 5.75 Å². The molecule has 0 bridgehead atoms. The summed E-state index contributed by atoms with van der Waals surface area (Å²) in [5, 5.41) is 0. The fourth-order valence-corrected chi connectivity index (χ4v) is 1.89. The van der Waals surface area contributed by atoms with Gasteiger partial charge in [-0.2, -0.15) is 0 Å². The van der Waals surface area contributed by atoms with Gasteiger partial charge in [0.1, 0.15) is 5.75 Å². The van der Waals surface area contributed by atoms with E-state index >= 15 is 0 Å². The average molecular weight is 309 g/mol. The van der Waals surface area contributed by atoms with Gasteiger partial charge in [-0.3, -0.25) is 9.59 Å². The van der Waals surface area contributed by atoms with Gasteiger partial charge in [-0.05, 0) is 31.2 Å². The number of rotatable bonds is 9. The zero-order chi connectivity index (χ0) is 16.4. The Balaban J connectivity index is 2.71. The molecule has 0 saturated carbocycles. The molecule has 1 amide bonds. The predicted octanol–water partition coefficient (Wildman–Crippen LogP) is 1.74. The second-order valence-corrected chi connectivity index (χ2v) is 4.57. The number of hydrogen-bond donors (Lipinski definition) is 0. The Bertz CT molecular complexity index is 472. The monoisotopic (exact) mass is 309 g/mol. The van der Waals surface area contributed by atoms with E-state index in [9.17, 15) is 9.59 Å². The summed E-state index contributed by atoms with van der Waals surface area (Å²) in [5.41, 5.74) is 0.542. The Hall–Kier alpha value is -2.08. The van der Waals surface area contributed by atoms with Crippen LogP contribution in [0.15, 0.2) is 24.3 Å². The Morgan fingerprint density at radius 1 is 1.09 bits per heavy atom. The van der Waals surface area contributed by atoms with Crippen LogP contribution in [0.4, 0.5) is 0 Å². The van der Waals surface area contributed by atoms with Gasteiger partial charge in [-0.15, -0.1) is 0 Å². The molecular formula is C16H23NO5. The predicted molar refractivity (Wildman–Crippen MR) is 82.0 cm³/mol. The molecule has 0 radical (unpaired) electrons. The number of esters is 1. The number of methoxy groups -OCH3 is 2. The number of carbonyl (C=O) groups excluding carboxylic acids is 2. The Labute approximate surface area is 131 Å². The van der Waals surface area contributed by atoms with E-state index < -0.39 is 0 Å². The molecule has 1 aromatic carbocycles. The van der Waals surface area contributed by atoms with Crippen LogP contribution < -0.4 is 4.74 Å². The van der Waals surface area contributed by atoms with E-state index in [0.717, 1.165) is 0 Å². The maximum absolute atomic E-state index is 12.5. The van der Waals surface area contributed by atoms with Crippen molar-refractivity contribution >= 4 is 11.9 Å². The molecular weight excluding hydrogens is 286 g/mol. The van der Waals surface area contributed by atoms with Crippen molar-refractivity contribution in [3.8, 4) is 5.75 Å². The second-order valence-electron chi connectivity index (χ2n) is 4.57. The average Bonchev–Trinajstić information content (AvgIpc) is 2.54. The van der Waals surface area contributed by atoms with Crippen LogP contribution in [-0.2, 0) is 14.3 Å². The van der Waals surface area contributed by atoms with Crippen LogP contribution in [0, 0.1) is 0 Å². The molecule has 0 spiro atoms. The van der Waals surface area contributed by atoms with Gasteiger partial charge in [0, 0.05) is 25.8 Å². The van der Waals surface area contributed by atoms with E-state index in [2.05, 4.69) is 0 Å². The Kier molecular flexibility index (Phi) is 7.99. The second kappa shape index (κ2) is 9.78. The molecule has 1 rings (SSSR count). The molecule has 1 aromatic rings. The van der Waals surface area contributed by atoms with Crippen LogP contribution in [0.25, 0.3) is 0 Å². The lowest BCUT2D eigenvalue weighted by Crippen LogP contribution is -2.35. The molecule has 0 N–H and O–H groups in total. The molecule has 0 saturated heterocycles. The van der Waals surface area contributed by atoms with Gasteiger partial charge in [-0.1, -0.05) is 0 Å². The smallest absolute Gasteiger partial charge is 0.307 e. The first kappa shape index (κ1) is 18.0. The third-order valence-corrected chi connectivity index (χ3v) is 3.08. The zero-order valence-electron chi connectivity index (χ0n) is 13.3. The largest absolute Gasteiger partial charge is 0.497 e. The summed E-state index contributed by atoms with van der Waals surface area (Å²) in [6, 6.07) is 6.86. The topological polar surface area (TPSA) is 65.1 Å². The summed E-state index contributed by atoms with van der Waals surface area (Å²) in [6.07, 6.45) is 0.166. The van der Waals surface area contributed by atoms with Crippen LogP contribution in [0.3, 0.4) is 0 Å². The van der Waals surface area contributed by atoms with E-state index in [-0.39, 0.29) is 18.3 Å². The Morgan fingerprint density at radius 2 is 1.77 bits per heavy atom. The fraction of sp³-hybridized carbons (Fsp3) is 0.500. The van der Waals surface area contributed by atoms with E-state index in [4.69, 9.17) is 14.2 Å². The number of nitrogens with zero attached hydrogens (tertiary/aromatic N) is 1. The number of hydrogen-bond acceptors (Lipinski definition) is 5. The van der Waals surface area contributed by atoms with Crippen molar-refractivity contribution in [1.82, 2.24) is 4.90 Å². The molecule has 0 aromatic heterocycles. The lowest BCUT2D eigenvalue weighted by Gasteiger charge is -2.22. The number of amides is 1. The third-order valence-electron chi connectivity index (χ3n) is 3.08. The highest BCUT2D eigenvalue weighted by Crippen LogP contribution is 2.13. The third kappa shape index (κ3) is 5.73. The van der Waals surface area contributed by atoms with Gasteiger partial charge in [-0.25, -0.2) is 0 Å². The quantitative estimate of drug-likeness (QED) is 0.650. The number of carbonyl (C=O) groups is 2. The molecule has 6 heteroatoms. The van der Waals surface area contributed by atoms with Gasteiger partial charge in [0.15, 0.2) is 0 Å². The van der Waals surface area contributed by atoms with Crippen LogP contribution in [0.1, 0.15) is 23.7 Å². The summed E-state index contributed by atoms with van der Waals surface area (Å²) in [6.45, 7) is 3.21. The summed E-state index contributed by atoms with van der Waals surface area (Å²) >= 11 is 0. The van der Waals surface area contributed by atoms with Gasteiger partial charge in [0.25, 0.3) is 5.91 Å². The minimum Gasteiger partial charge on any atom is -0.497 e. The molecule has 0 heterocycles. The molecule has 0 unspecified atom stereocenters. The van der Waals surface area contributed by atoms with Crippen molar-refractivity contribution in [1.29, 1.82) is 0 Å². The molecule has 0 aliphatic heterocycles. The summed E-state index contributed by atoms with van der Waals surface area (Å²) in [7, 11) is 3.14. The van der Waals surface area contributed by atoms with Crippen molar-refractivity contribution in [2.75, 3.05) is 40.5 Å². The van der Waals surface area contributed by atoms with Crippen molar-refractivity contribution in [3.63, 3.8) is 0 Å². The summed E-state index contributed by atoms with van der Waals surface area (Å²) in [5.74, 6) is 0.225. The molecule has 0 atom stereocenters. The number of benzene rings is 1. The fourth-order valence-electron chi connectivity index (χ4n) is 1.89. The lowest BCUT2D eigenvalue weighted by atomic mass is 10.2. The van der Waals surface area contributed by atoms with E-state index in [1.54, 1.807) is 50.3 Å². The molecule has 22 heavy (non-hydrogen) atoms. The van der Waals surface area contributed by atoms with E-state index in [0.29, 0.717) is 37.6 Å². The van der Waals surface area contributed by atoms with Gasteiger partial charge in [0.2, 0.25) is 0 Å². The first-order chi connectivity index (χ1) is 10.6. The SMILES string of the molecule is CCOC(=O)CCN(CCOC)C(=O)c1ccc(OC)cc1. The normalized spacial score (nSPS) is 10.1. The van der Waals surface area contributed by atoms with Crippen LogP contribution >= 0.6 is 0 Å². The number of ether oxygens (including phenoxy) is 3. The Morgan fingerprint density at radius 3 is 2.32 bits per heavy atom. The highest BCUT2D eigenvalue weighted by atomic mass is 16.5. The van der Waals surface area contributed by atoms with E-state index in [1.165, 1.54) is 0 Å². The lowest BCUT2D eigenvalue weighted by molar-refractivity contribution is -0.143. The molecule has 122 valence electrons. The highest BCUT2D eigenvalue weighted by molar-refractivity contribution is 5.94.